The predicted octanol–water partition coefficient (Wildman–Crippen LogP) is -0.737. The number of nitrogens with zero attached hydrogens (tertiary/aromatic N) is 1. The number of nitrogens with two attached hydrogens (primary N) is 1. The van der Waals surface area contributed by atoms with Gasteiger partial charge in [0.25, 0.3) is 0 Å². The lowest BCUT2D eigenvalue weighted by Crippen LogP contribution is -2.23. The van der Waals surface area contributed by atoms with Crippen LogP contribution in [0.25, 0.3) is 0 Å². The van der Waals surface area contributed by atoms with Gasteiger partial charge in [0.15, 0.2) is 6.61 Å². The molecule has 4 heteroatoms. The van der Waals surface area contributed by atoms with E-state index < -0.39 is 0 Å². The molecule has 40 valence electrons. The van der Waals surface area contributed by atoms with Crippen molar-refractivity contribution in [3.05, 3.63) is 0 Å². The first-order valence-corrected chi connectivity index (χ1v) is 1.98. The van der Waals surface area contributed by atoms with Crippen LogP contribution < -0.4 is 5.73 Å². The third-order valence-electron chi connectivity index (χ3n) is 0.579. The van der Waals surface area contributed by atoms with E-state index in [1.165, 1.54) is 0 Å². The summed E-state index contributed by atoms with van der Waals surface area (Å²) in [6.45, 7) is 1.01. The molecule has 0 aromatic rings. The molecule has 0 unspecified atom stereocenters. The van der Waals surface area contributed by atoms with E-state index in [2.05, 4.69) is 14.7 Å². The number of rotatable bonds is 0. The molecule has 0 bridgehead atoms. The van der Waals surface area contributed by atoms with Crippen LogP contribution in [-0.4, -0.2) is 19.2 Å². The minimum absolute atomic E-state index is 0.117. The zero-order chi connectivity index (χ0) is 5.11. The van der Waals surface area contributed by atoms with E-state index >= 15 is 0 Å². The van der Waals surface area contributed by atoms with Crippen LogP contribution in [0, 0.1) is 0 Å². The number of hydrogen-bond donors (Lipinski definition) is 1. The summed E-state index contributed by atoms with van der Waals surface area (Å²) in [6.07, 6.45) is 0. The SMILES string of the molecule is NC1=NOCCO1. The van der Waals surface area contributed by atoms with Gasteiger partial charge in [0.1, 0.15) is 6.61 Å². The molecule has 0 spiro atoms. The molecule has 0 saturated carbocycles. The quantitative estimate of drug-likeness (QED) is 0.438. The highest BCUT2D eigenvalue weighted by atomic mass is 16.7. The average molecular weight is 102 g/mol. The topological polar surface area (TPSA) is 56.8 Å². The van der Waals surface area contributed by atoms with Gasteiger partial charge >= 0.3 is 6.02 Å². The third kappa shape index (κ3) is 0.956. The lowest BCUT2D eigenvalue weighted by Gasteiger charge is -2.07. The maximum absolute atomic E-state index is 5.04. The van der Waals surface area contributed by atoms with E-state index in [0.29, 0.717) is 13.2 Å². The number of ether oxygens (including phenoxy) is 1. The lowest BCUT2D eigenvalue weighted by molar-refractivity contribution is 0.0629. The van der Waals surface area contributed by atoms with Crippen LogP contribution >= 0.6 is 0 Å². The largest absolute Gasteiger partial charge is 0.460 e. The van der Waals surface area contributed by atoms with Crippen LogP contribution in [0.5, 0.6) is 0 Å². The molecule has 2 N–H and O–H groups in total. The van der Waals surface area contributed by atoms with Crippen molar-refractivity contribution in [2.75, 3.05) is 13.2 Å². The van der Waals surface area contributed by atoms with Crippen LogP contribution in [0.3, 0.4) is 0 Å². The van der Waals surface area contributed by atoms with Crippen molar-refractivity contribution in [1.29, 1.82) is 0 Å². The molecule has 0 saturated heterocycles. The smallest absolute Gasteiger partial charge is 0.321 e. The van der Waals surface area contributed by atoms with Crippen LogP contribution in [0.4, 0.5) is 0 Å². The summed E-state index contributed by atoms with van der Waals surface area (Å²) in [5.74, 6) is 0. The van der Waals surface area contributed by atoms with Crippen molar-refractivity contribution < 1.29 is 9.57 Å². The molecule has 4 nitrogen and oxygen atoms in total. The minimum atomic E-state index is 0.117. The van der Waals surface area contributed by atoms with E-state index in [-0.39, 0.29) is 6.02 Å². The first-order valence-electron chi connectivity index (χ1n) is 1.98. The van der Waals surface area contributed by atoms with Gasteiger partial charge in [-0.15, -0.1) is 0 Å². The molecule has 0 fully saturated rings. The minimum Gasteiger partial charge on any atom is -0.460 e. The van der Waals surface area contributed by atoms with Crippen molar-refractivity contribution in [1.82, 2.24) is 0 Å². The van der Waals surface area contributed by atoms with Gasteiger partial charge in [0.2, 0.25) is 0 Å². The normalized spacial score (nSPS) is 19.1. The molecular weight excluding hydrogens is 96.0 g/mol. The molecular formula is C3H6N2O2. The summed E-state index contributed by atoms with van der Waals surface area (Å²) in [4.78, 5) is 4.52. The number of amidine groups is 1. The van der Waals surface area contributed by atoms with Gasteiger partial charge in [-0.1, -0.05) is 0 Å². The molecule has 1 aliphatic heterocycles. The van der Waals surface area contributed by atoms with E-state index in [1.807, 2.05) is 0 Å². The highest BCUT2D eigenvalue weighted by Gasteiger charge is 1.98. The molecule has 1 rings (SSSR count). The van der Waals surface area contributed by atoms with Crippen LogP contribution in [0.2, 0.25) is 0 Å². The summed E-state index contributed by atoms with van der Waals surface area (Å²) in [6, 6.07) is 0.117. The first kappa shape index (κ1) is 4.23. The highest BCUT2D eigenvalue weighted by molar-refractivity contribution is 5.70. The number of oxime groups is 1. The molecule has 0 radical (unpaired) electrons. The molecule has 7 heavy (non-hydrogen) atoms. The Labute approximate surface area is 40.9 Å². The lowest BCUT2D eigenvalue weighted by atomic mass is 10.8. The van der Waals surface area contributed by atoms with Crippen LogP contribution in [-0.2, 0) is 9.57 Å². The third-order valence-corrected chi connectivity index (χ3v) is 0.579. The fourth-order valence-electron chi connectivity index (χ4n) is 0.319. The Kier molecular flexibility index (Phi) is 1.02. The van der Waals surface area contributed by atoms with E-state index in [4.69, 9.17) is 5.73 Å². The van der Waals surface area contributed by atoms with Crippen molar-refractivity contribution in [2.24, 2.45) is 10.9 Å². The molecule has 1 aliphatic rings. The Morgan fingerprint density at radius 2 is 2.43 bits per heavy atom. The Morgan fingerprint density at radius 3 is 2.71 bits per heavy atom. The summed E-state index contributed by atoms with van der Waals surface area (Å²) in [7, 11) is 0. The zero-order valence-electron chi connectivity index (χ0n) is 3.76. The fourth-order valence-corrected chi connectivity index (χ4v) is 0.319. The highest BCUT2D eigenvalue weighted by Crippen LogP contribution is 1.86. The van der Waals surface area contributed by atoms with E-state index in [1.54, 1.807) is 0 Å². The Hall–Kier alpha value is -0.930. The van der Waals surface area contributed by atoms with Gasteiger partial charge in [-0.05, 0) is 5.16 Å². The second kappa shape index (κ2) is 1.68. The van der Waals surface area contributed by atoms with E-state index in [9.17, 15) is 0 Å². The molecule has 0 aromatic heterocycles. The average Bonchev–Trinajstić information content (AvgIpc) is 1.69. The maximum Gasteiger partial charge on any atom is 0.321 e. The van der Waals surface area contributed by atoms with Crippen molar-refractivity contribution in [3.63, 3.8) is 0 Å². The Balaban J connectivity index is 2.40. The molecule has 0 aliphatic carbocycles. The molecule has 0 amide bonds. The fraction of sp³-hybridized carbons (Fsp3) is 0.667. The molecule has 0 aromatic carbocycles. The van der Waals surface area contributed by atoms with Gasteiger partial charge in [-0.3, -0.25) is 0 Å². The zero-order valence-corrected chi connectivity index (χ0v) is 3.76. The van der Waals surface area contributed by atoms with Crippen molar-refractivity contribution in [2.45, 2.75) is 0 Å². The van der Waals surface area contributed by atoms with Gasteiger partial charge in [0.05, 0.1) is 0 Å². The summed E-state index contributed by atoms with van der Waals surface area (Å²) >= 11 is 0. The predicted molar refractivity (Wildman–Crippen MR) is 23.5 cm³/mol. The summed E-state index contributed by atoms with van der Waals surface area (Å²) in [5.41, 5.74) is 5.04. The summed E-state index contributed by atoms with van der Waals surface area (Å²) < 4.78 is 4.68. The van der Waals surface area contributed by atoms with Gasteiger partial charge in [0, 0.05) is 0 Å². The number of hydrogen-bond acceptors (Lipinski definition) is 4. The van der Waals surface area contributed by atoms with Gasteiger partial charge in [-0.2, -0.15) is 0 Å². The van der Waals surface area contributed by atoms with Crippen molar-refractivity contribution in [3.8, 4) is 0 Å². The van der Waals surface area contributed by atoms with Crippen LogP contribution in [0.1, 0.15) is 0 Å². The van der Waals surface area contributed by atoms with Crippen LogP contribution in [0.15, 0.2) is 5.16 Å². The standard InChI is InChI=1S/C3H6N2O2/c4-3-5-7-2-1-6-3/h1-2H2,(H2,4,5). The van der Waals surface area contributed by atoms with E-state index in [0.717, 1.165) is 0 Å². The van der Waals surface area contributed by atoms with Gasteiger partial charge in [-0.25, -0.2) is 0 Å². The Bertz CT molecular complexity index is 90.9. The van der Waals surface area contributed by atoms with Gasteiger partial charge < -0.3 is 15.3 Å². The van der Waals surface area contributed by atoms with Crippen molar-refractivity contribution >= 4 is 6.02 Å². The monoisotopic (exact) mass is 102 g/mol. The first-order chi connectivity index (χ1) is 3.39. The maximum atomic E-state index is 5.04. The Morgan fingerprint density at radius 1 is 1.57 bits per heavy atom. The second-order valence-electron chi connectivity index (χ2n) is 1.11. The second-order valence-corrected chi connectivity index (χ2v) is 1.11. The summed E-state index contributed by atoms with van der Waals surface area (Å²) in [5, 5.41) is 3.30. The molecule has 1 heterocycles. The molecule has 0 atom stereocenters.